The number of carbonyl (C=O) groups is 1. The van der Waals surface area contributed by atoms with Crippen LogP contribution in [0.15, 0.2) is 24.3 Å². The molecular weight excluding hydrogens is 226 g/mol. The van der Waals surface area contributed by atoms with Gasteiger partial charge in [-0.05, 0) is 38.2 Å². The molecule has 0 saturated heterocycles. The van der Waals surface area contributed by atoms with Crippen molar-refractivity contribution in [3.05, 3.63) is 35.4 Å². The Bertz CT molecular complexity index is 377. The number of hydrogen-bond donors (Lipinski definition) is 2. The van der Waals surface area contributed by atoms with Gasteiger partial charge in [0.2, 0.25) is 5.91 Å². The smallest absolute Gasteiger partial charge is 0.220 e. The van der Waals surface area contributed by atoms with Crippen molar-refractivity contribution in [2.45, 2.75) is 25.9 Å². The summed E-state index contributed by atoms with van der Waals surface area (Å²) in [5.74, 6) is 0.0695. The van der Waals surface area contributed by atoms with Gasteiger partial charge >= 0.3 is 0 Å². The van der Waals surface area contributed by atoms with Crippen LogP contribution >= 0.6 is 0 Å². The first-order chi connectivity index (χ1) is 8.63. The van der Waals surface area contributed by atoms with Crippen LogP contribution in [-0.2, 0) is 17.9 Å². The number of amides is 1. The Morgan fingerprint density at radius 2 is 1.94 bits per heavy atom. The largest absolute Gasteiger partial charge is 0.352 e. The molecule has 0 radical (unpaired) electrons. The molecule has 0 aliphatic rings. The van der Waals surface area contributed by atoms with Gasteiger partial charge in [0, 0.05) is 19.5 Å². The molecule has 0 unspecified atom stereocenters. The molecule has 0 heterocycles. The van der Waals surface area contributed by atoms with Crippen LogP contribution in [0, 0.1) is 0 Å². The fourth-order valence-electron chi connectivity index (χ4n) is 1.77. The number of rotatable bonds is 7. The minimum absolute atomic E-state index is 0.0695. The highest BCUT2D eigenvalue weighted by Gasteiger charge is 2.05. The molecule has 1 aromatic rings. The van der Waals surface area contributed by atoms with Gasteiger partial charge in [0.25, 0.3) is 0 Å². The summed E-state index contributed by atoms with van der Waals surface area (Å²) < 4.78 is 0. The fraction of sp³-hybridized carbons (Fsp3) is 0.500. The van der Waals surface area contributed by atoms with E-state index in [0.29, 0.717) is 19.5 Å². The third kappa shape index (κ3) is 5.29. The lowest BCUT2D eigenvalue weighted by atomic mass is 10.1. The van der Waals surface area contributed by atoms with E-state index >= 15 is 0 Å². The summed E-state index contributed by atoms with van der Waals surface area (Å²) in [6.07, 6.45) is 1.25. The second-order valence-electron chi connectivity index (χ2n) is 4.68. The van der Waals surface area contributed by atoms with E-state index < -0.39 is 0 Å². The highest BCUT2D eigenvalue weighted by atomic mass is 16.1. The molecule has 1 aromatic carbocycles. The SMILES string of the molecule is CN(C)Cc1ccccc1CNC(=O)CCCN. The number of carbonyl (C=O) groups excluding carboxylic acids is 1. The van der Waals surface area contributed by atoms with Crippen LogP contribution < -0.4 is 11.1 Å². The van der Waals surface area contributed by atoms with Crippen molar-refractivity contribution in [1.82, 2.24) is 10.2 Å². The summed E-state index contributed by atoms with van der Waals surface area (Å²) in [5, 5.41) is 2.93. The molecule has 0 bridgehead atoms. The predicted octanol–water partition coefficient (Wildman–Crippen LogP) is 1.10. The van der Waals surface area contributed by atoms with Crippen LogP contribution in [0.25, 0.3) is 0 Å². The molecule has 0 aliphatic carbocycles. The molecule has 0 spiro atoms. The number of benzene rings is 1. The summed E-state index contributed by atoms with van der Waals surface area (Å²) in [6.45, 7) is 2.03. The molecule has 0 saturated carbocycles. The van der Waals surface area contributed by atoms with E-state index in [-0.39, 0.29) is 5.91 Å². The summed E-state index contributed by atoms with van der Waals surface area (Å²) in [6, 6.07) is 8.18. The van der Waals surface area contributed by atoms with E-state index in [1.54, 1.807) is 0 Å². The standard InChI is InChI=1S/C14H23N3O/c1-17(2)11-13-7-4-3-6-12(13)10-16-14(18)8-5-9-15/h3-4,6-7H,5,8-11,15H2,1-2H3,(H,16,18). The molecule has 100 valence electrons. The van der Waals surface area contributed by atoms with Gasteiger partial charge in [0.15, 0.2) is 0 Å². The minimum Gasteiger partial charge on any atom is -0.352 e. The molecule has 4 nitrogen and oxygen atoms in total. The zero-order chi connectivity index (χ0) is 13.4. The second kappa shape index (κ2) is 7.84. The van der Waals surface area contributed by atoms with Gasteiger partial charge in [-0.25, -0.2) is 0 Å². The average Bonchev–Trinajstić information content (AvgIpc) is 2.34. The molecule has 0 aliphatic heterocycles. The lowest BCUT2D eigenvalue weighted by Gasteiger charge is -2.14. The molecule has 4 heteroatoms. The van der Waals surface area contributed by atoms with Gasteiger partial charge in [-0.3, -0.25) is 4.79 Å². The molecular formula is C14H23N3O. The number of nitrogens with zero attached hydrogens (tertiary/aromatic N) is 1. The van der Waals surface area contributed by atoms with Crippen LogP contribution in [0.3, 0.4) is 0 Å². The van der Waals surface area contributed by atoms with Gasteiger partial charge in [-0.15, -0.1) is 0 Å². The van der Waals surface area contributed by atoms with Crippen LogP contribution in [0.5, 0.6) is 0 Å². The van der Waals surface area contributed by atoms with E-state index in [2.05, 4.69) is 22.3 Å². The van der Waals surface area contributed by atoms with Gasteiger partial charge < -0.3 is 16.0 Å². The highest BCUT2D eigenvalue weighted by Crippen LogP contribution is 2.10. The summed E-state index contributed by atoms with van der Waals surface area (Å²) >= 11 is 0. The Labute approximate surface area is 109 Å². The molecule has 3 N–H and O–H groups in total. The summed E-state index contributed by atoms with van der Waals surface area (Å²) in [5.41, 5.74) is 7.80. The Morgan fingerprint density at radius 3 is 2.56 bits per heavy atom. The lowest BCUT2D eigenvalue weighted by Crippen LogP contribution is -2.24. The molecule has 0 aromatic heterocycles. The normalized spacial score (nSPS) is 10.7. The van der Waals surface area contributed by atoms with Crippen LogP contribution in [-0.4, -0.2) is 31.4 Å². The molecule has 18 heavy (non-hydrogen) atoms. The van der Waals surface area contributed by atoms with Gasteiger partial charge in [-0.1, -0.05) is 24.3 Å². The quantitative estimate of drug-likeness (QED) is 0.761. The maximum Gasteiger partial charge on any atom is 0.220 e. The average molecular weight is 249 g/mol. The maximum absolute atomic E-state index is 11.5. The van der Waals surface area contributed by atoms with Crippen LogP contribution in [0.4, 0.5) is 0 Å². The van der Waals surface area contributed by atoms with E-state index in [4.69, 9.17) is 5.73 Å². The van der Waals surface area contributed by atoms with Crippen molar-refractivity contribution in [2.75, 3.05) is 20.6 Å². The Kier molecular flexibility index (Phi) is 6.39. The van der Waals surface area contributed by atoms with Gasteiger partial charge in [0.05, 0.1) is 0 Å². The van der Waals surface area contributed by atoms with Crippen molar-refractivity contribution >= 4 is 5.91 Å². The van der Waals surface area contributed by atoms with Crippen molar-refractivity contribution in [2.24, 2.45) is 5.73 Å². The van der Waals surface area contributed by atoms with E-state index in [1.165, 1.54) is 11.1 Å². The zero-order valence-electron chi connectivity index (χ0n) is 11.3. The molecule has 0 fully saturated rings. The maximum atomic E-state index is 11.5. The monoisotopic (exact) mass is 249 g/mol. The highest BCUT2D eigenvalue weighted by molar-refractivity contribution is 5.75. The molecule has 1 amide bonds. The first-order valence-corrected chi connectivity index (χ1v) is 6.31. The lowest BCUT2D eigenvalue weighted by molar-refractivity contribution is -0.121. The summed E-state index contributed by atoms with van der Waals surface area (Å²) in [7, 11) is 4.08. The predicted molar refractivity (Wildman–Crippen MR) is 74.0 cm³/mol. The van der Waals surface area contributed by atoms with E-state index in [1.807, 2.05) is 26.2 Å². The molecule has 0 atom stereocenters. The first-order valence-electron chi connectivity index (χ1n) is 6.31. The van der Waals surface area contributed by atoms with Crippen molar-refractivity contribution in [3.8, 4) is 0 Å². The zero-order valence-corrected chi connectivity index (χ0v) is 11.3. The van der Waals surface area contributed by atoms with E-state index in [0.717, 1.165) is 13.0 Å². The third-order valence-electron chi connectivity index (χ3n) is 2.69. The number of nitrogens with one attached hydrogen (secondary N) is 1. The third-order valence-corrected chi connectivity index (χ3v) is 2.69. The van der Waals surface area contributed by atoms with Gasteiger partial charge in [0.1, 0.15) is 0 Å². The van der Waals surface area contributed by atoms with Crippen molar-refractivity contribution in [3.63, 3.8) is 0 Å². The Morgan fingerprint density at radius 1 is 1.28 bits per heavy atom. The Balaban J connectivity index is 2.53. The second-order valence-corrected chi connectivity index (χ2v) is 4.68. The van der Waals surface area contributed by atoms with Crippen LogP contribution in [0.1, 0.15) is 24.0 Å². The first kappa shape index (κ1) is 14.7. The minimum atomic E-state index is 0.0695. The van der Waals surface area contributed by atoms with Crippen molar-refractivity contribution in [1.29, 1.82) is 0 Å². The number of nitrogens with two attached hydrogens (primary N) is 1. The van der Waals surface area contributed by atoms with Crippen LogP contribution in [0.2, 0.25) is 0 Å². The Hall–Kier alpha value is -1.39. The molecule has 1 rings (SSSR count). The fourth-order valence-corrected chi connectivity index (χ4v) is 1.77. The van der Waals surface area contributed by atoms with Gasteiger partial charge in [-0.2, -0.15) is 0 Å². The summed E-state index contributed by atoms with van der Waals surface area (Å²) in [4.78, 5) is 13.7. The van der Waals surface area contributed by atoms with Crippen molar-refractivity contribution < 1.29 is 4.79 Å². The van der Waals surface area contributed by atoms with E-state index in [9.17, 15) is 4.79 Å². The number of hydrogen-bond acceptors (Lipinski definition) is 3. The topological polar surface area (TPSA) is 58.4 Å².